The van der Waals surface area contributed by atoms with Gasteiger partial charge in [-0.15, -0.1) is 0 Å². The smallest absolute Gasteiger partial charge is 0.123 e. The molecule has 3 heteroatoms. The van der Waals surface area contributed by atoms with Crippen LogP contribution in [0.25, 0.3) is 11.3 Å². The van der Waals surface area contributed by atoms with Crippen molar-refractivity contribution in [3.05, 3.63) is 51.5 Å². The van der Waals surface area contributed by atoms with E-state index in [-0.39, 0.29) is 5.82 Å². The summed E-state index contributed by atoms with van der Waals surface area (Å²) in [6.07, 6.45) is 1.80. The lowest BCUT2D eigenvalue weighted by Crippen LogP contribution is -1.88. The van der Waals surface area contributed by atoms with Crippen molar-refractivity contribution >= 4 is 22.6 Å². The summed E-state index contributed by atoms with van der Waals surface area (Å²) < 4.78 is 14.1. The van der Waals surface area contributed by atoms with Crippen LogP contribution in [0.3, 0.4) is 0 Å². The molecule has 0 unspecified atom stereocenters. The van der Waals surface area contributed by atoms with Crippen LogP contribution in [-0.4, -0.2) is 4.98 Å². The second kappa shape index (κ2) is 4.26. The van der Waals surface area contributed by atoms with Gasteiger partial charge in [0.1, 0.15) is 5.82 Å². The maximum atomic E-state index is 13.0. The van der Waals surface area contributed by atoms with Crippen LogP contribution in [0.1, 0.15) is 5.56 Å². The third-order valence-corrected chi connectivity index (χ3v) is 3.30. The summed E-state index contributed by atoms with van der Waals surface area (Å²) in [7, 11) is 0. The molecule has 0 saturated heterocycles. The van der Waals surface area contributed by atoms with Gasteiger partial charge in [0.2, 0.25) is 0 Å². The monoisotopic (exact) mass is 313 g/mol. The fourth-order valence-corrected chi connectivity index (χ4v) is 1.64. The van der Waals surface area contributed by atoms with E-state index in [0.29, 0.717) is 0 Å². The first-order chi connectivity index (χ1) is 7.16. The molecule has 1 heterocycles. The summed E-state index contributed by atoms with van der Waals surface area (Å²) in [6.45, 7) is 2.02. The third-order valence-electron chi connectivity index (χ3n) is 2.17. The van der Waals surface area contributed by atoms with E-state index in [4.69, 9.17) is 0 Å². The minimum absolute atomic E-state index is 0.231. The topological polar surface area (TPSA) is 12.9 Å². The Morgan fingerprint density at radius 1 is 1.27 bits per heavy atom. The Balaban J connectivity index is 2.50. The average Bonchev–Trinajstić information content (AvgIpc) is 2.22. The molecule has 15 heavy (non-hydrogen) atoms. The molecule has 76 valence electrons. The molecular weight excluding hydrogens is 304 g/mol. The molecule has 2 aromatic rings. The Morgan fingerprint density at radius 2 is 2.07 bits per heavy atom. The van der Waals surface area contributed by atoms with Crippen LogP contribution in [0.4, 0.5) is 4.39 Å². The summed E-state index contributed by atoms with van der Waals surface area (Å²) in [6, 6.07) is 8.45. The quantitative estimate of drug-likeness (QED) is 0.730. The number of rotatable bonds is 1. The molecule has 1 aromatic heterocycles. The standard InChI is InChI=1S/C12H9FIN/c1-8-5-12(15-7-11(8)14)9-3-2-4-10(13)6-9/h2-7H,1H3. The van der Waals surface area contributed by atoms with Gasteiger partial charge in [-0.2, -0.15) is 0 Å². The third kappa shape index (κ3) is 2.34. The van der Waals surface area contributed by atoms with Crippen molar-refractivity contribution in [2.75, 3.05) is 0 Å². The summed E-state index contributed by atoms with van der Waals surface area (Å²) in [4.78, 5) is 4.28. The molecule has 0 aliphatic rings. The molecule has 0 amide bonds. The highest BCUT2D eigenvalue weighted by atomic mass is 127. The summed E-state index contributed by atoms with van der Waals surface area (Å²) in [5, 5.41) is 0. The van der Waals surface area contributed by atoms with Gasteiger partial charge in [0.25, 0.3) is 0 Å². The number of aromatic nitrogens is 1. The van der Waals surface area contributed by atoms with E-state index >= 15 is 0 Å². The van der Waals surface area contributed by atoms with Crippen molar-refractivity contribution in [3.8, 4) is 11.3 Å². The molecule has 0 spiro atoms. The van der Waals surface area contributed by atoms with Gasteiger partial charge in [-0.3, -0.25) is 4.98 Å². The normalized spacial score (nSPS) is 10.3. The van der Waals surface area contributed by atoms with Crippen molar-refractivity contribution in [2.24, 2.45) is 0 Å². The lowest BCUT2D eigenvalue weighted by Gasteiger charge is -2.03. The average molecular weight is 313 g/mol. The molecule has 1 aromatic carbocycles. The highest BCUT2D eigenvalue weighted by Crippen LogP contribution is 2.20. The van der Waals surface area contributed by atoms with Crippen molar-refractivity contribution < 1.29 is 4.39 Å². The zero-order chi connectivity index (χ0) is 10.8. The maximum absolute atomic E-state index is 13.0. The Labute approximate surface area is 102 Å². The fraction of sp³-hybridized carbons (Fsp3) is 0.0833. The minimum atomic E-state index is -0.231. The number of hydrogen-bond acceptors (Lipinski definition) is 1. The summed E-state index contributed by atoms with van der Waals surface area (Å²) >= 11 is 2.23. The van der Waals surface area contributed by atoms with Crippen LogP contribution in [0.2, 0.25) is 0 Å². The molecule has 0 saturated carbocycles. The second-order valence-electron chi connectivity index (χ2n) is 3.33. The summed E-state index contributed by atoms with van der Waals surface area (Å²) in [5.74, 6) is -0.231. The Morgan fingerprint density at radius 3 is 2.73 bits per heavy atom. The number of nitrogens with zero attached hydrogens (tertiary/aromatic N) is 1. The van der Waals surface area contributed by atoms with Gasteiger partial charge in [0.05, 0.1) is 5.69 Å². The molecule has 1 nitrogen and oxygen atoms in total. The van der Waals surface area contributed by atoms with E-state index in [9.17, 15) is 4.39 Å². The molecule has 0 N–H and O–H groups in total. The first-order valence-electron chi connectivity index (χ1n) is 4.55. The maximum Gasteiger partial charge on any atom is 0.123 e. The van der Waals surface area contributed by atoms with Crippen molar-refractivity contribution in [2.45, 2.75) is 6.92 Å². The number of benzene rings is 1. The Kier molecular flexibility index (Phi) is 3.00. The molecule has 0 bridgehead atoms. The van der Waals surface area contributed by atoms with Gasteiger partial charge in [-0.1, -0.05) is 12.1 Å². The lowest BCUT2D eigenvalue weighted by molar-refractivity contribution is 0.628. The fourth-order valence-electron chi connectivity index (χ4n) is 1.34. The van der Waals surface area contributed by atoms with E-state index in [1.165, 1.54) is 12.1 Å². The van der Waals surface area contributed by atoms with E-state index in [1.807, 2.05) is 19.1 Å². The molecule has 0 aliphatic carbocycles. The molecular formula is C12H9FIN. The van der Waals surface area contributed by atoms with Crippen LogP contribution in [-0.2, 0) is 0 Å². The SMILES string of the molecule is Cc1cc(-c2cccc(F)c2)ncc1I. The minimum Gasteiger partial charge on any atom is -0.255 e. The van der Waals surface area contributed by atoms with Crippen molar-refractivity contribution in [1.29, 1.82) is 0 Å². The van der Waals surface area contributed by atoms with Crippen molar-refractivity contribution in [3.63, 3.8) is 0 Å². The largest absolute Gasteiger partial charge is 0.255 e. The highest BCUT2D eigenvalue weighted by molar-refractivity contribution is 14.1. The highest BCUT2D eigenvalue weighted by Gasteiger charge is 2.02. The predicted octanol–water partition coefficient (Wildman–Crippen LogP) is 3.80. The Hall–Kier alpha value is -0.970. The van der Waals surface area contributed by atoms with Crippen LogP contribution >= 0.6 is 22.6 Å². The molecule has 0 radical (unpaired) electrons. The first-order valence-corrected chi connectivity index (χ1v) is 5.63. The zero-order valence-corrected chi connectivity index (χ0v) is 10.3. The number of aryl methyl sites for hydroxylation is 1. The molecule has 0 aliphatic heterocycles. The van der Waals surface area contributed by atoms with Gasteiger partial charge in [0.15, 0.2) is 0 Å². The second-order valence-corrected chi connectivity index (χ2v) is 4.49. The van der Waals surface area contributed by atoms with Crippen LogP contribution < -0.4 is 0 Å². The van der Waals surface area contributed by atoms with Gasteiger partial charge in [-0.25, -0.2) is 4.39 Å². The molecule has 0 fully saturated rings. The van der Waals surface area contributed by atoms with Crippen LogP contribution in [0.15, 0.2) is 36.5 Å². The van der Waals surface area contributed by atoms with E-state index in [1.54, 1.807) is 12.3 Å². The molecule has 0 atom stereocenters. The van der Waals surface area contributed by atoms with Gasteiger partial charge >= 0.3 is 0 Å². The van der Waals surface area contributed by atoms with Gasteiger partial charge < -0.3 is 0 Å². The predicted molar refractivity (Wildman–Crippen MR) is 67.1 cm³/mol. The van der Waals surface area contributed by atoms with E-state index in [0.717, 1.165) is 20.4 Å². The molecule has 2 rings (SSSR count). The first kappa shape index (κ1) is 10.5. The zero-order valence-electron chi connectivity index (χ0n) is 8.17. The lowest BCUT2D eigenvalue weighted by atomic mass is 10.1. The van der Waals surface area contributed by atoms with Crippen LogP contribution in [0, 0.1) is 16.3 Å². The van der Waals surface area contributed by atoms with Crippen LogP contribution in [0.5, 0.6) is 0 Å². The number of hydrogen-bond donors (Lipinski definition) is 0. The number of halogens is 2. The Bertz CT molecular complexity index is 497. The summed E-state index contributed by atoms with van der Waals surface area (Å²) in [5.41, 5.74) is 2.78. The van der Waals surface area contributed by atoms with Gasteiger partial charge in [0, 0.05) is 15.3 Å². The van der Waals surface area contributed by atoms with E-state index in [2.05, 4.69) is 27.6 Å². The number of pyridine rings is 1. The van der Waals surface area contributed by atoms with Gasteiger partial charge in [-0.05, 0) is 53.3 Å². The van der Waals surface area contributed by atoms with Crippen molar-refractivity contribution in [1.82, 2.24) is 4.98 Å². The van der Waals surface area contributed by atoms with E-state index < -0.39 is 0 Å².